The van der Waals surface area contributed by atoms with Crippen LogP contribution in [0.2, 0.25) is 0 Å². The summed E-state index contributed by atoms with van der Waals surface area (Å²) in [6, 6.07) is 1.55. The molecule has 0 aromatic carbocycles. The molecule has 5 heteroatoms. The number of hydrogen-bond donors (Lipinski definition) is 0. The minimum Gasteiger partial charge on any atom is -0.495 e. The average Bonchev–Trinajstić information content (AvgIpc) is 2.15. The van der Waals surface area contributed by atoms with Gasteiger partial charge in [0.1, 0.15) is 11.4 Å². The maximum atomic E-state index is 11.3. The Bertz CT molecular complexity index is 370. The van der Waals surface area contributed by atoms with Crippen LogP contribution in [-0.4, -0.2) is 23.9 Å². The van der Waals surface area contributed by atoms with Gasteiger partial charge >= 0.3 is 6.16 Å². The van der Waals surface area contributed by atoms with Crippen LogP contribution in [0.15, 0.2) is 18.5 Å². The molecule has 0 radical (unpaired) electrons. The molecule has 88 valence electrons. The van der Waals surface area contributed by atoms with Gasteiger partial charge in [-0.05, 0) is 20.8 Å². The highest BCUT2D eigenvalue weighted by molar-refractivity contribution is 5.64. The molecule has 0 aliphatic carbocycles. The number of hydrogen-bond acceptors (Lipinski definition) is 5. The van der Waals surface area contributed by atoms with E-state index >= 15 is 0 Å². The van der Waals surface area contributed by atoms with Crippen molar-refractivity contribution >= 4 is 6.16 Å². The standard InChI is InChI=1S/C11H15NO4/c1-11(2,3)16-10(13)15-9-5-8(14-4)6-12-7-9/h5-7H,1-4H3. The van der Waals surface area contributed by atoms with Crippen LogP contribution in [0, 0.1) is 0 Å². The zero-order valence-corrected chi connectivity index (χ0v) is 9.81. The number of nitrogens with zero attached hydrogens (tertiary/aromatic N) is 1. The van der Waals surface area contributed by atoms with Gasteiger partial charge in [-0.3, -0.25) is 4.98 Å². The van der Waals surface area contributed by atoms with E-state index in [0.29, 0.717) is 5.75 Å². The smallest absolute Gasteiger partial charge is 0.495 e. The Hall–Kier alpha value is -1.78. The van der Waals surface area contributed by atoms with Crippen LogP contribution < -0.4 is 9.47 Å². The number of pyridine rings is 1. The number of aromatic nitrogens is 1. The van der Waals surface area contributed by atoms with Crippen LogP contribution in [0.25, 0.3) is 0 Å². The fourth-order valence-electron chi connectivity index (χ4n) is 0.933. The van der Waals surface area contributed by atoms with Gasteiger partial charge in [-0.1, -0.05) is 0 Å². The van der Waals surface area contributed by atoms with E-state index in [4.69, 9.17) is 14.2 Å². The molecule has 0 fully saturated rings. The first kappa shape index (κ1) is 12.3. The fourth-order valence-corrected chi connectivity index (χ4v) is 0.933. The molecule has 0 saturated carbocycles. The number of methoxy groups -OCH3 is 1. The van der Waals surface area contributed by atoms with E-state index in [1.54, 1.807) is 26.8 Å². The summed E-state index contributed by atoms with van der Waals surface area (Å²) in [4.78, 5) is 15.2. The van der Waals surface area contributed by atoms with Crippen molar-refractivity contribution in [1.29, 1.82) is 0 Å². The van der Waals surface area contributed by atoms with Crippen LogP contribution in [0.4, 0.5) is 4.79 Å². The van der Waals surface area contributed by atoms with Crippen molar-refractivity contribution in [3.8, 4) is 11.5 Å². The normalized spacial score (nSPS) is 10.8. The lowest BCUT2D eigenvalue weighted by atomic mass is 10.2. The monoisotopic (exact) mass is 225 g/mol. The molecule has 0 bridgehead atoms. The molecule has 0 N–H and O–H groups in total. The van der Waals surface area contributed by atoms with Crippen molar-refractivity contribution in [2.75, 3.05) is 7.11 Å². The zero-order chi connectivity index (χ0) is 12.2. The van der Waals surface area contributed by atoms with Crippen LogP contribution in [0.1, 0.15) is 20.8 Å². The molecule has 1 aromatic heterocycles. The summed E-state index contributed by atoms with van der Waals surface area (Å²) in [5.41, 5.74) is -0.580. The van der Waals surface area contributed by atoms with Gasteiger partial charge in [-0.15, -0.1) is 0 Å². The van der Waals surface area contributed by atoms with Crippen LogP contribution >= 0.6 is 0 Å². The second kappa shape index (κ2) is 4.83. The molecule has 0 spiro atoms. The Morgan fingerprint density at radius 1 is 1.25 bits per heavy atom. The fraction of sp³-hybridized carbons (Fsp3) is 0.455. The predicted octanol–water partition coefficient (Wildman–Crippen LogP) is 2.40. The first-order valence-electron chi connectivity index (χ1n) is 4.80. The van der Waals surface area contributed by atoms with E-state index in [1.807, 2.05) is 0 Å². The van der Waals surface area contributed by atoms with Crippen molar-refractivity contribution in [2.45, 2.75) is 26.4 Å². The summed E-state index contributed by atoms with van der Waals surface area (Å²) < 4.78 is 14.9. The molecule has 1 heterocycles. The Kier molecular flexibility index (Phi) is 3.71. The lowest BCUT2D eigenvalue weighted by Gasteiger charge is -2.18. The third-order valence-electron chi connectivity index (χ3n) is 1.51. The topological polar surface area (TPSA) is 57.7 Å². The molecule has 0 atom stereocenters. The van der Waals surface area contributed by atoms with E-state index in [0.717, 1.165) is 0 Å². The van der Waals surface area contributed by atoms with Crippen molar-refractivity contribution < 1.29 is 19.0 Å². The van der Waals surface area contributed by atoms with E-state index in [1.165, 1.54) is 19.5 Å². The Morgan fingerprint density at radius 3 is 2.44 bits per heavy atom. The minimum atomic E-state index is -0.762. The molecule has 1 rings (SSSR count). The molecule has 0 aliphatic rings. The SMILES string of the molecule is COc1cncc(OC(=O)OC(C)(C)C)c1. The Balaban J connectivity index is 2.62. The average molecular weight is 225 g/mol. The molecule has 16 heavy (non-hydrogen) atoms. The summed E-state index contributed by atoms with van der Waals surface area (Å²) in [5, 5.41) is 0. The van der Waals surface area contributed by atoms with Crippen molar-refractivity contribution in [3.63, 3.8) is 0 Å². The van der Waals surface area contributed by atoms with Crippen molar-refractivity contribution in [3.05, 3.63) is 18.5 Å². The van der Waals surface area contributed by atoms with Crippen molar-refractivity contribution in [2.24, 2.45) is 0 Å². The summed E-state index contributed by atoms with van der Waals surface area (Å²) in [6.45, 7) is 5.29. The number of carbonyl (C=O) groups excluding carboxylic acids is 1. The van der Waals surface area contributed by atoms with Gasteiger partial charge in [0.2, 0.25) is 0 Å². The molecule has 1 aromatic rings. The van der Waals surface area contributed by atoms with Crippen LogP contribution in [0.5, 0.6) is 11.5 Å². The number of ether oxygens (including phenoxy) is 3. The molecule has 0 aliphatic heterocycles. The lowest BCUT2D eigenvalue weighted by molar-refractivity contribution is 0.0205. The lowest BCUT2D eigenvalue weighted by Crippen LogP contribution is -2.26. The molecule has 5 nitrogen and oxygen atoms in total. The second-order valence-electron chi connectivity index (χ2n) is 4.13. The van der Waals surface area contributed by atoms with Crippen LogP contribution in [0.3, 0.4) is 0 Å². The third kappa shape index (κ3) is 4.16. The van der Waals surface area contributed by atoms with E-state index in [-0.39, 0.29) is 5.75 Å². The van der Waals surface area contributed by atoms with Gasteiger partial charge < -0.3 is 14.2 Å². The first-order chi connectivity index (χ1) is 7.40. The highest BCUT2D eigenvalue weighted by Crippen LogP contribution is 2.18. The summed E-state index contributed by atoms with van der Waals surface area (Å²) in [5.74, 6) is 0.801. The molecular weight excluding hydrogens is 210 g/mol. The predicted molar refractivity (Wildman–Crippen MR) is 57.7 cm³/mol. The summed E-state index contributed by atoms with van der Waals surface area (Å²) in [6.07, 6.45) is 2.16. The van der Waals surface area contributed by atoms with Gasteiger partial charge in [0.15, 0.2) is 5.75 Å². The molecule has 0 saturated heterocycles. The van der Waals surface area contributed by atoms with E-state index < -0.39 is 11.8 Å². The maximum absolute atomic E-state index is 11.3. The Morgan fingerprint density at radius 2 is 1.88 bits per heavy atom. The highest BCUT2D eigenvalue weighted by atomic mass is 16.7. The molecular formula is C11H15NO4. The zero-order valence-electron chi connectivity index (χ0n) is 9.81. The summed E-state index contributed by atoms with van der Waals surface area (Å²) in [7, 11) is 1.51. The molecule has 0 unspecified atom stereocenters. The van der Waals surface area contributed by atoms with Gasteiger partial charge in [0.25, 0.3) is 0 Å². The van der Waals surface area contributed by atoms with Gasteiger partial charge in [-0.25, -0.2) is 4.79 Å². The van der Waals surface area contributed by atoms with E-state index in [2.05, 4.69) is 4.98 Å². The largest absolute Gasteiger partial charge is 0.514 e. The van der Waals surface area contributed by atoms with Crippen LogP contribution in [-0.2, 0) is 4.74 Å². The second-order valence-corrected chi connectivity index (χ2v) is 4.13. The van der Waals surface area contributed by atoms with Crippen molar-refractivity contribution in [1.82, 2.24) is 4.98 Å². The third-order valence-corrected chi connectivity index (χ3v) is 1.51. The highest BCUT2D eigenvalue weighted by Gasteiger charge is 2.18. The van der Waals surface area contributed by atoms with E-state index in [9.17, 15) is 4.79 Å². The van der Waals surface area contributed by atoms with Gasteiger partial charge in [-0.2, -0.15) is 0 Å². The molecule has 0 amide bonds. The number of carbonyl (C=O) groups is 1. The van der Waals surface area contributed by atoms with Gasteiger partial charge in [0, 0.05) is 6.07 Å². The van der Waals surface area contributed by atoms with Gasteiger partial charge in [0.05, 0.1) is 19.5 Å². The maximum Gasteiger partial charge on any atom is 0.514 e. The minimum absolute atomic E-state index is 0.286. The summed E-state index contributed by atoms with van der Waals surface area (Å²) >= 11 is 0. The number of rotatable bonds is 2. The first-order valence-corrected chi connectivity index (χ1v) is 4.80. The Labute approximate surface area is 94.3 Å². The quantitative estimate of drug-likeness (QED) is 0.723.